The van der Waals surface area contributed by atoms with Gasteiger partial charge in [0.15, 0.2) is 0 Å². The van der Waals surface area contributed by atoms with Gasteiger partial charge in [-0.3, -0.25) is 4.79 Å². The molecule has 3 rings (SSSR count). The number of carbonyl (C=O) groups is 1. The number of hydrogen-bond acceptors (Lipinski definition) is 6. The van der Waals surface area contributed by atoms with Crippen molar-refractivity contribution in [3.63, 3.8) is 0 Å². The van der Waals surface area contributed by atoms with Crippen LogP contribution in [0.1, 0.15) is 57.3 Å². The normalized spacial score (nSPS) is 14.9. The minimum atomic E-state index is -0.529. The molecular formula is C20H27N3O2S. The van der Waals surface area contributed by atoms with Crippen LogP contribution in [0.25, 0.3) is 10.7 Å². The van der Waals surface area contributed by atoms with Crippen LogP contribution in [0, 0.1) is 11.3 Å². The van der Waals surface area contributed by atoms with E-state index in [2.05, 4.69) is 15.3 Å². The van der Waals surface area contributed by atoms with Crippen molar-refractivity contribution >= 4 is 17.3 Å². The molecule has 5 nitrogen and oxygen atoms in total. The van der Waals surface area contributed by atoms with Gasteiger partial charge in [0.05, 0.1) is 18.2 Å². The van der Waals surface area contributed by atoms with Crippen LogP contribution in [0.3, 0.4) is 0 Å². The molecule has 0 radical (unpaired) electrons. The van der Waals surface area contributed by atoms with Gasteiger partial charge in [0.25, 0.3) is 0 Å². The summed E-state index contributed by atoms with van der Waals surface area (Å²) in [6, 6.07) is 1.97. The monoisotopic (exact) mass is 373 g/mol. The summed E-state index contributed by atoms with van der Waals surface area (Å²) < 4.78 is 5.05. The van der Waals surface area contributed by atoms with Crippen molar-refractivity contribution in [2.24, 2.45) is 11.3 Å². The lowest BCUT2D eigenvalue weighted by Crippen LogP contribution is -2.33. The van der Waals surface area contributed by atoms with Crippen molar-refractivity contribution in [1.82, 2.24) is 15.0 Å². The zero-order valence-electron chi connectivity index (χ0n) is 15.8. The number of hydrogen-bond donors (Lipinski definition) is 0. The van der Waals surface area contributed by atoms with Crippen LogP contribution in [0.2, 0.25) is 0 Å². The Balaban J connectivity index is 1.78. The first-order chi connectivity index (χ1) is 12.6. The van der Waals surface area contributed by atoms with Crippen molar-refractivity contribution in [2.45, 2.75) is 58.8 Å². The Morgan fingerprint density at radius 1 is 1.27 bits per heavy atom. The molecular weight excluding hydrogens is 346 g/mol. The second-order valence-electron chi connectivity index (χ2n) is 7.20. The van der Waals surface area contributed by atoms with E-state index in [1.54, 1.807) is 17.7 Å². The Hall–Kier alpha value is -1.82. The maximum absolute atomic E-state index is 12.3. The zero-order valence-corrected chi connectivity index (χ0v) is 16.6. The molecule has 2 heterocycles. The average Bonchev–Trinajstić information content (AvgIpc) is 3.11. The highest BCUT2D eigenvalue weighted by Gasteiger charge is 2.36. The molecule has 1 aliphatic carbocycles. The minimum absolute atomic E-state index is 0.167. The number of nitrogens with zero attached hydrogens (tertiary/aromatic N) is 3. The van der Waals surface area contributed by atoms with Gasteiger partial charge >= 0.3 is 5.97 Å². The van der Waals surface area contributed by atoms with Crippen molar-refractivity contribution in [3.05, 3.63) is 29.2 Å². The van der Waals surface area contributed by atoms with Crippen LogP contribution in [0.5, 0.6) is 0 Å². The van der Waals surface area contributed by atoms with Crippen LogP contribution in [0.15, 0.2) is 17.8 Å². The van der Waals surface area contributed by atoms with Crippen molar-refractivity contribution in [2.75, 3.05) is 7.11 Å². The summed E-state index contributed by atoms with van der Waals surface area (Å²) in [5, 5.41) is 3.08. The van der Waals surface area contributed by atoms with E-state index in [1.807, 2.05) is 19.9 Å². The molecule has 0 bridgehead atoms. The highest BCUT2D eigenvalue weighted by atomic mass is 32.1. The smallest absolute Gasteiger partial charge is 0.312 e. The van der Waals surface area contributed by atoms with Gasteiger partial charge in [0, 0.05) is 17.5 Å². The molecule has 0 N–H and O–H groups in total. The Labute approximate surface area is 159 Å². The maximum Gasteiger partial charge on any atom is 0.312 e. The van der Waals surface area contributed by atoms with Crippen LogP contribution < -0.4 is 0 Å². The molecule has 0 atom stereocenters. The zero-order chi connectivity index (χ0) is 18.6. The molecule has 0 aliphatic heterocycles. The van der Waals surface area contributed by atoms with Crippen LogP contribution in [-0.2, 0) is 22.4 Å². The lowest BCUT2D eigenvalue weighted by molar-refractivity contribution is -0.153. The Morgan fingerprint density at radius 2 is 2.04 bits per heavy atom. The van der Waals surface area contributed by atoms with Gasteiger partial charge < -0.3 is 4.74 Å². The number of esters is 1. The van der Waals surface area contributed by atoms with Crippen LogP contribution in [-0.4, -0.2) is 28.0 Å². The van der Waals surface area contributed by atoms with Crippen molar-refractivity contribution < 1.29 is 9.53 Å². The van der Waals surface area contributed by atoms with Crippen LogP contribution >= 0.6 is 11.3 Å². The molecule has 1 fully saturated rings. The lowest BCUT2D eigenvalue weighted by Gasteiger charge is -2.28. The third-order valence-electron chi connectivity index (χ3n) is 5.71. The van der Waals surface area contributed by atoms with Crippen molar-refractivity contribution in [1.29, 1.82) is 0 Å². The standard InChI is InChI=1S/C20H27N3O2S/c1-4-20(5-2,19(24)25-3)11-15-10-17(22-13-21-15)18-23-16(12-26-18)9-14-7-6-8-14/h10,12-14H,4-9,11H2,1-3H3. The molecule has 26 heavy (non-hydrogen) atoms. The van der Waals surface area contributed by atoms with E-state index in [9.17, 15) is 4.79 Å². The van der Waals surface area contributed by atoms with Crippen molar-refractivity contribution in [3.8, 4) is 10.7 Å². The summed E-state index contributed by atoms with van der Waals surface area (Å²) in [5.74, 6) is 0.639. The Kier molecular flexibility index (Phi) is 6.01. The summed E-state index contributed by atoms with van der Waals surface area (Å²) in [6.07, 6.45) is 8.66. The van der Waals surface area contributed by atoms with E-state index in [0.29, 0.717) is 6.42 Å². The van der Waals surface area contributed by atoms with E-state index in [1.165, 1.54) is 32.1 Å². The molecule has 140 valence electrons. The number of thiazole rings is 1. The molecule has 1 saturated carbocycles. The third kappa shape index (κ3) is 3.95. The van der Waals surface area contributed by atoms with Gasteiger partial charge in [0.1, 0.15) is 17.0 Å². The van der Waals surface area contributed by atoms with E-state index >= 15 is 0 Å². The summed E-state index contributed by atoms with van der Waals surface area (Å²) in [7, 11) is 1.45. The van der Waals surface area contributed by atoms with E-state index < -0.39 is 5.41 Å². The summed E-state index contributed by atoms with van der Waals surface area (Å²) in [4.78, 5) is 25.9. The quantitative estimate of drug-likeness (QED) is 0.639. The third-order valence-corrected chi connectivity index (χ3v) is 6.62. The topological polar surface area (TPSA) is 65.0 Å². The fourth-order valence-electron chi connectivity index (χ4n) is 3.55. The SMILES string of the molecule is CCC(CC)(Cc1cc(-c2nc(CC3CCC3)cs2)ncn1)C(=O)OC. The number of aromatic nitrogens is 3. The van der Waals surface area contributed by atoms with E-state index in [0.717, 1.165) is 41.6 Å². The highest BCUT2D eigenvalue weighted by Crippen LogP contribution is 2.34. The highest BCUT2D eigenvalue weighted by molar-refractivity contribution is 7.13. The number of ether oxygens (including phenoxy) is 1. The molecule has 2 aromatic heterocycles. The Bertz CT molecular complexity index is 751. The van der Waals surface area contributed by atoms with Gasteiger partial charge in [-0.25, -0.2) is 15.0 Å². The average molecular weight is 374 g/mol. The molecule has 0 amide bonds. The van der Waals surface area contributed by atoms with Gasteiger partial charge in [0.2, 0.25) is 0 Å². The van der Waals surface area contributed by atoms with Gasteiger partial charge in [-0.15, -0.1) is 11.3 Å². The molecule has 0 saturated heterocycles. The van der Waals surface area contributed by atoms with Gasteiger partial charge in [-0.2, -0.15) is 0 Å². The summed E-state index contributed by atoms with van der Waals surface area (Å²) in [6.45, 7) is 4.05. The largest absolute Gasteiger partial charge is 0.469 e. The predicted octanol–water partition coefficient (Wildman–Crippen LogP) is 4.46. The predicted molar refractivity (Wildman–Crippen MR) is 103 cm³/mol. The number of rotatable bonds is 8. The first-order valence-corrected chi connectivity index (χ1v) is 10.3. The van der Waals surface area contributed by atoms with E-state index in [4.69, 9.17) is 9.72 Å². The fraction of sp³-hybridized carbons (Fsp3) is 0.600. The lowest BCUT2D eigenvalue weighted by atomic mass is 9.78. The molecule has 0 aromatic carbocycles. The van der Waals surface area contributed by atoms with Gasteiger partial charge in [-0.1, -0.05) is 33.1 Å². The van der Waals surface area contributed by atoms with E-state index in [-0.39, 0.29) is 5.97 Å². The molecule has 2 aromatic rings. The second kappa shape index (κ2) is 8.25. The fourth-order valence-corrected chi connectivity index (χ4v) is 4.35. The summed E-state index contributed by atoms with van der Waals surface area (Å²) in [5.41, 5.74) is 2.34. The van der Waals surface area contributed by atoms with Gasteiger partial charge in [-0.05, 0) is 31.2 Å². The Morgan fingerprint density at radius 3 is 2.65 bits per heavy atom. The van der Waals surface area contributed by atoms with Crippen LogP contribution in [0.4, 0.5) is 0 Å². The maximum atomic E-state index is 12.3. The molecule has 6 heteroatoms. The first kappa shape index (κ1) is 19.0. The molecule has 0 spiro atoms. The number of methoxy groups -OCH3 is 1. The molecule has 1 aliphatic rings. The molecule has 0 unspecified atom stereocenters. The number of carbonyl (C=O) groups excluding carboxylic acids is 1. The first-order valence-electron chi connectivity index (χ1n) is 9.44. The minimum Gasteiger partial charge on any atom is -0.469 e. The summed E-state index contributed by atoms with van der Waals surface area (Å²) >= 11 is 1.64. The second-order valence-corrected chi connectivity index (χ2v) is 8.05.